The van der Waals surface area contributed by atoms with Crippen LogP contribution in [0, 0.1) is 11.3 Å². The average Bonchev–Trinajstić information content (AvgIpc) is 3.38. The number of aliphatic hydroxyl groups is 1. The van der Waals surface area contributed by atoms with Crippen LogP contribution < -0.4 is 20.1 Å². The van der Waals surface area contributed by atoms with Crippen LogP contribution in [-0.2, 0) is 26.0 Å². The Morgan fingerprint density at radius 3 is 2.29 bits per heavy atom. The summed E-state index contributed by atoms with van der Waals surface area (Å²) in [4.78, 5) is 25.6. The lowest BCUT2D eigenvalue weighted by Gasteiger charge is -2.34. The minimum Gasteiger partial charge on any atom is -0.454 e. The number of benzene rings is 2. The van der Waals surface area contributed by atoms with Crippen molar-refractivity contribution >= 4 is 33.4 Å². The smallest absolute Gasteiger partial charge is 0.243 e. The third-order valence-corrected chi connectivity index (χ3v) is 8.66. The molecule has 0 aromatic heterocycles. The first kappa shape index (κ1) is 32.7. The highest BCUT2D eigenvalue weighted by Crippen LogP contribution is 2.35. The number of aliphatic hydroxyl groups excluding tert-OH is 1. The molecular formula is C29H40ClN3O7S. The summed E-state index contributed by atoms with van der Waals surface area (Å²) < 4.78 is 39.4. The van der Waals surface area contributed by atoms with Crippen LogP contribution in [0.25, 0.3) is 0 Å². The van der Waals surface area contributed by atoms with E-state index >= 15 is 0 Å². The number of fused-ring (bicyclic) bond motifs is 1. The standard InChI is InChI=1S/C29H40ClN3O7S/c1-19(2)16-33(41(37,38)21-11-12-24-25(14-21)40-18-39-24)17-23(34)22(13-20-9-7-6-8-10-20)31-28(36)27(29(3,4)5)32-26(35)15-30/h6-12,14,19,22-23,27,34H,13,15-18H2,1-5H3,(H,31,36)(H,32,35). The molecule has 12 heteroatoms. The molecule has 0 spiro atoms. The molecule has 0 radical (unpaired) electrons. The Hall–Kier alpha value is -2.86. The van der Waals surface area contributed by atoms with E-state index in [1.807, 2.05) is 44.2 Å². The highest BCUT2D eigenvalue weighted by atomic mass is 35.5. The van der Waals surface area contributed by atoms with Gasteiger partial charge in [0.05, 0.1) is 17.0 Å². The van der Waals surface area contributed by atoms with Crippen molar-refractivity contribution in [2.75, 3.05) is 25.8 Å². The quantitative estimate of drug-likeness (QED) is 0.297. The third-order valence-electron chi connectivity index (χ3n) is 6.59. The number of hydrogen-bond donors (Lipinski definition) is 3. The normalized spacial score (nSPS) is 15.4. The minimum atomic E-state index is -4.05. The molecule has 0 aliphatic carbocycles. The fourth-order valence-corrected chi connectivity index (χ4v) is 6.21. The number of alkyl halides is 1. The van der Waals surface area contributed by atoms with Gasteiger partial charge in [0.15, 0.2) is 11.5 Å². The molecule has 0 saturated carbocycles. The molecule has 2 aromatic rings. The van der Waals surface area contributed by atoms with E-state index in [-0.39, 0.29) is 43.0 Å². The molecule has 0 fully saturated rings. The number of carbonyl (C=O) groups excluding carboxylic acids is 2. The maximum atomic E-state index is 13.8. The van der Waals surface area contributed by atoms with Gasteiger partial charge < -0.3 is 25.2 Å². The average molecular weight is 610 g/mol. The van der Waals surface area contributed by atoms with Crippen molar-refractivity contribution in [3.63, 3.8) is 0 Å². The molecule has 3 unspecified atom stereocenters. The first-order valence-corrected chi connectivity index (χ1v) is 15.5. The van der Waals surface area contributed by atoms with Crippen molar-refractivity contribution in [1.82, 2.24) is 14.9 Å². The highest BCUT2D eigenvalue weighted by molar-refractivity contribution is 7.89. The Bertz CT molecular complexity index is 1300. The number of amides is 2. The fourth-order valence-electron chi connectivity index (χ4n) is 4.49. The van der Waals surface area contributed by atoms with Gasteiger partial charge in [0, 0.05) is 19.2 Å². The van der Waals surface area contributed by atoms with E-state index in [4.69, 9.17) is 21.1 Å². The summed E-state index contributed by atoms with van der Waals surface area (Å²) in [6.07, 6.45) is -1.06. The lowest BCUT2D eigenvalue weighted by atomic mass is 9.85. The summed E-state index contributed by atoms with van der Waals surface area (Å²) in [6, 6.07) is 11.8. The van der Waals surface area contributed by atoms with Gasteiger partial charge in [-0.1, -0.05) is 65.0 Å². The summed E-state index contributed by atoms with van der Waals surface area (Å²) in [6.45, 7) is 9.03. The number of nitrogens with one attached hydrogen (secondary N) is 2. The predicted octanol–water partition coefficient (Wildman–Crippen LogP) is 2.92. The van der Waals surface area contributed by atoms with E-state index in [0.717, 1.165) is 5.56 Å². The zero-order valence-corrected chi connectivity index (χ0v) is 25.7. The summed E-state index contributed by atoms with van der Waals surface area (Å²) in [5, 5.41) is 17.0. The molecule has 1 heterocycles. The Morgan fingerprint density at radius 2 is 1.68 bits per heavy atom. The molecule has 3 rings (SSSR count). The molecule has 3 N–H and O–H groups in total. The summed E-state index contributed by atoms with van der Waals surface area (Å²) in [5.74, 6) is -0.580. The van der Waals surface area contributed by atoms with Crippen LogP contribution in [0.2, 0.25) is 0 Å². The van der Waals surface area contributed by atoms with Crippen LogP contribution in [0.3, 0.4) is 0 Å². The zero-order valence-electron chi connectivity index (χ0n) is 24.1. The summed E-state index contributed by atoms with van der Waals surface area (Å²) >= 11 is 5.68. The van der Waals surface area contributed by atoms with E-state index in [9.17, 15) is 23.1 Å². The maximum Gasteiger partial charge on any atom is 0.243 e. The topological polar surface area (TPSA) is 134 Å². The summed E-state index contributed by atoms with van der Waals surface area (Å²) in [5.41, 5.74) is 0.170. The molecule has 41 heavy (non-hydrogen) atoms. The molecule has 0 bridgehead atoms. The Labute approximate surface area is 247 Å². The summed E-state index contributed by atoms with van der Waals surface area (Å²) in [7, 11) is -4.05. The van der Waals surface area contributed by atoms with E-state index in [1.165, 1.54) is 16.4 Å². The maximum absolute atomic E-state index is 13.8. The Morgan fingerprint density at radius 1 is 1.02 bits per heavy atom. The number of hydrogen-bond acceptors (Lipinski definition) is 7. The lowest BCUT2D eigenvalue weighted by Crippen LogP contribution is -2.59. The van der Waals surface area contributed by atoms with E-state index in [2.05, 4.69) is 10.6 Å². The van der Waals surface area contributed by atoms with Crippen molar-refractivity contribution < 1.29 is 32.6 Å². The third kappa shape index (κ3) is 8.81. The van der Waals surface area contributed by atoms with Gasteiger partial charge in [-0.15, -0.1) is 11.6 Å². The molecule has 2 amide bonds. The molecular weight excluding hydrogens is 570 g/mol. The number of nitrogens with zero attached hydrogens (tertiary/aromatic N) is 1. The molecule has 1 aliphatic heterocycles. The first-order valence-electron chi connectivity index (χ1n) is 13.5. The largest absolute Gasteiger partial charge is 0.454 e. The molecule has 3 atom stereocenters. The number of rotatable bonds is 13. The van der Waals surface area contributed by atoms with Crippen molar-refractivity contribution in [3.05, 3.63) is 54.1 Å². The van der Waals surface area contributed by atoms with E-state index in [0.29, 0.717) is 11.5 Å². The van der Waals surface area contributed by atoms with E-state index < -0.39 is 45.4 Å². The van der Waals surface area contributed by atoms with Crippen molar-refractivity contribution in [2.45, 2.75) is 64.1 Å². The van der Waals surface area contributed by atoms with Gasteiger partial charge in [-0.3, -0.25) is 9.59 Å². The van der Waals surface area contributed by atoms with Crippen LogP contribution in [0.15, 0.2) is 53.4 Å². The second-order valence-corrected chi connectivity index (χ2v) is 13.8. The first-order chi connectivity index (χ1) is 19.2. The Balaban J connectivity index is 1.91. The van der Waals surface area contributed by atoms with Crippen LogP contribution in [0.4, 0.5) is 0 Å². The van der Waals surface area contributed by atoms with Crippen LogP contribution in [-0.4, -0.2) is 73.6 Å². The second-order valence-electron chi connectivity index (χ2n) is 11.6. The number of halogens is 1. The highest BCUT2D eigenvalue weighted by Gasteiger charge is 2.36. The fraction of sp³-hybridized carbons (Fsp3) is 0.517. The lowest BCUT2D eigenvalue weighted by molar-refractivity contribution is -0.131. The Kier molecular flexibility index (Phi) is 11.0. The molecule has 1 aliphatic rings. The molecule has 0 saturated heterocycles. The van der Waals surface area contributed by atoms with Gasteiger partial charge in [0.25, 0.3) is 0 Å². The molecule has 10 nitrogen and oxygen atoms in total. The number of carbonyl (C=O) groups is 2. The van der Waals surface area contributed by atoms with Gasteiger partial charge in [-0.2, -0.15) is 4.31 Å². The minimum absolute atomic E-state index is 0.00896. The van der Waals surface area contributed by atoms with Crippen molar-refractivity contribution in [3.8, 4) is 11.5 Å². The predicted molar refractivity (Wildman–Crippen MR) is 156 cm³/mol. The monoisotopic (exact) mass is 609 g/mol. The van der Waals surface area contributed by atoms with Crippen molar-refractivity contribution in [1.29, 1.82) is 0 Å². The van der Waals surface area contributed by atoms with E-state index in [1.54, 1.807) is 26.8 Å². The van der Waals surface area contributed by atoms with Crippen molar-refractivity contribution in [2.24, 2.45) is 11.3 Å². The van der Waals surface area contributed by atoms with Crippen LogP contribution in [0.5, 0.6) is 11.5 Å². The zero-order chi connectivity index (χ0) is 30.4. The van der Waals surface area contributed by atoms with Gasteiger partial charge in [-0.05, 0) is 35.4 Å². The molecule has 2 aromatic carbocycles. The van der Waals surface area contributed by atoms with Crippen LogP contribution >= 0.6 is 11.6 Å². The van der Waals surface area contributed by atoms with Gasteiger partial charge in [-0.25, -0.2) is 8.42 Å². The van der Waals surface area contributed by atoms with Gasteiger partial charge >= 0.3 is 0 Å². The van der Waals surface area contributed by atoms with Gasteiger partial charge in [0.1, 0.15) is 11.9 Å². The van der Waals surface area contributed by atoms with Crippen LogP contribution in [0.1, 0.15) is 40.2 Å². The van der Waals surface area contributed by atoms with Gasteiger partial charge in [0.2, 0.25) is 28.6 Å². The number of sulfonamides is 1. The second kappa shape index (κ2) is 13.9. The SMILES string of the molecule is CC(C)CN(CC(O)C(Cc1ccccc1)NC(=O)C(NC(=O)CCl)C(C)(C)C)S(=O)(=O)c1ccc2c(c1)OCO2. The molecule has 226 valence electrons. The number of ether oxygens (including phenoxy) is 2.